The molecular formula is C15H22BrN. The number of hydrogen-bond donors (Lipinski definition) is 1. The van der Waals surface area contributed by atoms with Gasteiger partial charge in [-0.1, -0.05) is 54.2 Å². The number of nitrogens with two attached hydrogens (primary N) is 1. The average molecular weight is 296 g/mol. The molecule has 1 fully saturated rings. The van der Waals surface area contributed by atoms with Gasteiger partial charge in [-0.25, -0.2) is 0 Å². The molecule has 17 heavy (non-hydrogen) atoms. The number of benzene rings is 1. The van der Waals surface area contributed by atoms with E-state index in [1.165, 1.54) is 37.7 Å². The molecule has 0 heterocycles. The topological polar surface area (TPSA) is 26.0 Å². The summed E-state index contributed by atoms with van der Waals surface area (Å²) in [5, 5.41) is 0. The summed E-state index contributed by atoms with van der Waals surface area (Å²) < 4.78 is 1.13. The van der Waals surface area contributed by atoms with Gasteiger partial charge in [-0.05, 0) is 42.4 Å². The van der Waals surface area contributed by atoms with Crippen molar-refractivity contribution >= 4 is 15.9 Å². The highest BCUT2D eigenvalue weighted by Gasteiger charge is 2.25. The van der Waals surface area contributed by atoms with E-state index < -0.39 is 0 Å². The van der Waals surface area contributed by atoms with Crippen molar-refractivity contribution in [3.05, 3.63) is 34.3 Å². The zero-order chi connectivity index (χ0) is 12.3. The summed E-state index contributed by atoms with van der Waals surface area (Å²) in [6.07, 6.45) is 6.67. The Morgan fingerprint density at radius 3 is 2.29 bits per heavy atom. The van der Waals surface area contributed by atoms with Crippen LogP contribution in [0.4, 0.5) is 0 Å². The molecule has 0 amide bonds. The second kappa shape index (κ2) is 6.01. The van der Waals surface area contributed by atoms with Crippen LogP contribution in [0.3, 0.4) is 0 Å². The van der Waals surface area contributed by atoms with Crippen molar-refractivity contribution in [3.8, 4) is 0 Å². The average Bonchev–Trinajstić information content (AvgIpc) is 2.39. The van der Waals surface area contributed by atoms with Crippen LogP contribution in [0.25, 0.3) is 0 Å². The highest BCUT2D eigenvalue weighted by molar-refractivity contribution is 9.10. The summed E-state index contributed by atoms with van der Waals surface area (Å²) in [4.78, 5) is 0. The fourth-order valence-corrected chi connectivity index (χ4v) is 3.18. The molecule has 94 valence electrons. The van der Waals surface area contributed by atoms with E-state index in [2.05, 4.69) is 47.1 Å². The first kappa shape index (κ1) is 13.1. The molecule has 1 nitrogen and oxygen atoms in total. The molecule has 0 saturated heterocycles. The predicted molar refractivity (Wildman–Crippen MR) is 76.8 cm³/mol. The minimum absolute atomic E-state index is 0.223. The van der Waals surface area contributed by atoms with Crippen molar-refractivity contribution in [1.82, 2.24) is 0 Å². The van der Waals surface area contributed by atoms with E-state index in [0.29, 0.717) is 5.92 Å². The molecule has 0 bridgehead atoms. The number of rotatable bonds is 3. The summed E-state index contributed by atoms with van der Waals surface area (Å²) in [6, 6.07) is 8.71. The van der Waals surface area contributed by atoms with Crippen molar-refractivity contribution < 1.29 is 0 Å². The van der Waals surface area contributed by atoms with Gasteiger partial charge in [0.1, 0.15) is 0 Å². The molecule has 1 atom stereocenters. The first-order chi connectivity index (χ1) is 8.20. The van der Waals surface area contributed by atoms with Gasteiger partial charge < -0.3 is 5.73 Å². The second-order valence-electron chi connectivity index (χ2n) is 5.27. The molecule has 1 aromatic carbocycles. The van der Waals surface area contributed by atoms with Gasteiger partial charge in [0.05, 0.1) is 0 Å². The van der Waals surface area contributed by atoms with E-state index in [1.807, 2.05) is 0 Å². The monoisotopic (exact) mass is 295 g/mol. The normalized spacial score (nSPS) is 26.8. The molecule has 2 heteroatoms. The lowest BCUT2D eigenvalue weighted by Crippen LogP contribution is -2.25. The van der Waals surface area contributed by atoms with Gasteiger partial charge in [-0.2, -0.15) is 0 Å². The maximum absolute atomic E-state index is 6.39. The summed E-state index contributed by atoms with van der Waals surface area (Å²) in [7, 11) is 0. The molecule has 0 aliphatic heterocycles. The fraction of sp³-hybridized carbons (Fsp3) is 0.600. The van der Waals surface area contributed by atoms with E-state index in [4.69, 9.17) is 5.73 Å². The third-order valence-electron chi connectivity index (χ3n) is 4.23. The second-order valence-corrected chi connectivity index (χ2v) is 6.18. The zero-order valence-electron chi connectivity index (χ0n) is 10.5. The SMILES string of the molecule is CCC1CCC(C(N)c2ccc(Br)cc2)CC1. The fourth-order valence-electron chi connectivity index (χ4n) is 2.91. The maximum Gasteiger partial charge on any atom is 0.0323 e. The first-order valence-electron chi connectivity index (χ1n) is 6.71. The van der Waals surface area contributed by atoms with Gasteiger partial charge in [0.25, 0.3) is 0 Å². The molecule has 0 spiro atoms. The van der Waals surface area contributed by atoms with Gasteiger partial charge in [0, 0.05) is 10.5 Å². The lowest BCUT2D eigenvalue weighted by atomic mass is 9.76. The Bertz CT molecular complexity index is 338. The Balaban J connectivity index is 1.96. The van der Waals surface area contributed by atoms with Crippen LogP contribution in [-0.4, -0.2) is 0 Å². The molecule has 1 saturated carbocycles. The van der Waals surface area contributed by atoms with Crippen LogP contribution < -0.4 is 5.73 Å². The molecule has 2 N–H and O–H groups in total. The number of halogens is 1. The van der Waals surface area contributed by atoms with Crippen LogP contribution in [0, 0.1) is 11.8 Å². The van der Waals surface area contributed by atoms with Gasteiger partial charge in [-0.3, -0.25) is 0 Å². The molecule has 2 rings (SSSR count). The zero-order valence-corrected chi connectivity index (χ0v) is 12.1. The van der Waals surface area contributed by atoms with E-state index in [1.54, 1.807) is 0 Å². The minimum atomic E-state index is 0.223. The van der Waals surface area contributed by atoms with Crippen LogP contribution >= 0.6 is 15.9 Å². The van der Waals surface area contributed by atoms with Crippen LogP contribution in [0.2, 0.25) is 0 Å². The highest BCUT2D eigenvalue weighted by Crippen LogP contribution is 2.36. The van der Waals surface area contributed by atoms with Crippen molar-refractivity contribution in [3.63, 3.8) is 0 Å². The maximum atomic E-state index is 6.39. The smallest absolute Gasteiger partial charge is 0.0323 e. The Labute approximate surface area is 113 Å². The third-order valence-corrected chi connectivity index (χ3v) is 4.76. The van der Waals surface area contributed by atoms with Crippen molar-refractivity contribution in [2.45, 2.75) is 45.1 Å². The van der Waals surface area contributed by atoms with E-state index in [0.717, 1.165) is 10.4 Å². The molecule has 1 aliphatic rings. The quantitative estimate of drug-likeness (QED) is 0.862. The van der Waals surface area contributed by atoms with Gasteiger partial charge in [0.2, 0.25) is 0 Å². The largest absolute Gasteiger partial charge is 0.324 e. The Morgan fingerprint density at radius 1 is 1.18 bits per heavy atom. The Kier molecular flexibility index (Phi) is 4.63. The van der Waals surface area contributed by atoms with E-state index >= 15 is 0 Å². The van der Waals surface area contributed by atoms with Crippen molar-refractivity contribution in [2.24, 2.45) is 17.6 Å². The molecule has 0 radical (unpaired) electrons. The van der Waals surface area contributed by atoms with Crippen LogP contribution in [0.5, 0.6) is 0 Å². The number of hydrogen-bond acceptors (Lipinski definition) is 1. The third kappa shape index (κ3) is 3.32. The highest BCUT2D eigenvalue weighted by atomic mass is 79.9. The summed E-state index contributed by atoms with van der Waals surface area (Å²) in [6.45, 7) is 2.31. The Hall–Kier alpha value is -0.340. The predicted octanol–water partition coefficient (Wildman–Crippen LogP) is 4.67. The standard InChI is InChI=1S/C15H22BrN/c1-2-11-3-5-12(6-4-11)15(17)13-7-9-14(16)10-8-13/h7-12,15H,2-6,17H2,1H3. The molecule has 1 unspecified atom stereocenters. The first-order valence-corrected chi connectivity index (χ1v) is 7.51. The van der Waals surface area contributed by atoms with Gasteiger partial charge in [0.15, 0.2) is 0 Å². The van der Waals surface area contributed by atoms with Crippen LogP contribution in [0.15, 0.2) is 28.7 Å². The molecule has 1 aromatic rings. The Morgan fingerprint density at radius 2 is 1.76 bits per heavy atom. The van der Waals surface area contributed by atoms with Crippen molar-refractivity contribution in [2.75, 3.05) is 0 Å². The van der Waals surface area contributed by atoms with Gasteiger partial charge >= 0.3 is 0 Å². The summed E-state index contributed by atoms with van der Waals surface area (Å²) in [5.74, 6) is 1.63. The van der Waals surface area contributed by atoms with Gasteiger partial charge in [-0.15, -0.1) is 0 Å². The lowest BCUT2D eigenvalue weighted by molar-refractivity contribution is 0.240. The van der Waals surface area contributed by atoms with Crippen molar-refractivity contribution in [1.29, 1.82) is 0 Å². The van der Waals surface area contributed by atoms with Crippen LogP contribution in [-0.2, 0) is 0 Å². The molecule has 0 aromatic heterocycles. The minimum Gasteiger partial charge on any atom is -0.324 e. The van der Waals surface area contributed by atoms with E-state index in [-0.39, 0.29) is 6.04 Å². The van der Waals surface area contributed by atoms with Crippen LogP contribution in [0.1, 0.15) is 50.6 Å². The molecular weight excluding hydrogens is 274 g/mol. The lowest BCUT2D eigenvalue weighted by Gasteiger charge is -2.32. The molecule has 1 aliphatic carbocycles. The van der Waals surface area contributed by atoms with E-state index in [9.17, 15) is 0 Å². The summed E-state index contributed by atoms with van der Waals surface area (Å²) >= 11 is 3.47. The summed E-state index contributed by atoms with van der Waals surface area (Å²) in [5.41, 5.74) is 7.68.